The molecule has 1 aliphatic heterocycles. The van der Waals surface area contributed by atoms with Crippen LogP contribution in [0.1, 0.15) is 5.56 Å². The molecule has 1 aromatic heterocycles. The number of benzene rings is 1. The zero-order chi connectivity index (χ0) is 17.1. The molecule has 1 fully saturated rings. The Morgan fingerprint density at radius 3 is 2.67 bits per heavy atom. The van der Waals surface area contributed by atoms with Crippen LogP contribution in [0, 0.1) is 12.8 Å². The monoisotopic (exact) mass is 338 g/mol. The van der Waals surface area contributed by atoms with Crippen LogP contribution < -0.4 is 10.2 Å². The van der Waals surface area contributed by atoms with Crippen molar-refractivity contribution in [2.24, 2.45) is 10.9 Å². The summed E-state index contributed by atoms with van der Waals surface area (Å²) < 4.78 is 0. The number of rotatable bonds is 3. The van der Waals surface area contributed by atoms with Crippen molar-refractivity contribution in [1.82, 2.24) is 10.3 Å². The Hall–Kier alpha value is -2.93. The summed E-state index contributed by atoms with van der Waals surface area (Å²) >= 11 is 5.15. The Kier molecular flexibility index (Phi) is 4.43. The van der Waals surface area contributed by atoms with Gasteiger partial charge in [-0.25, -0.2) is 0 Å². The number of nitrogens with zero attached hydrogens (tertiary/aromatic N) is 3. The standard InChI is InChI=1S/C17H14N4O2S/c1-11-4-6-13(7-5-11)21-16(23)14(15(22)20-17(21)24)10-19-12-3-2-8-18-9-12/h2-10,14H,1H3,(H,20,22,24)/t14-/m0/s1. The molecule has 6 nitrogen and oxygen atoms in total. The number of carbonyl (C=O) groups excluding carboxylic acids is 2. The number of pyridine rings is 1. The SMILES string of the molecule is Cc1ccc(N2C(=O)[C@@H](C=Nc3cccnc3)C(=O)NC2=S)cc1. The number of carbonyl (C=O) groups is 2. The first kappa shape index (κ1) is 15.9. The van der Waals surface area contributed by atoms with Gasteiger partial charge in [-0.2, -0.15) is 0 Å². The van der Waals surface area contributed by atoms with Crippen molar-refractivity contribution in [2.75, 3.05) is 4.90 Å². The van der Waals surface area contributed by atoms with Gasteiger partial charge in [0.05, 0.1) is 17.6 Å². The van der Waals surface area contributed by atoms with Crippen LogP contribution in [0.5, 0.6) is 0 Å². The Balaban J connectivity index is 1.88. The molecule has 1 saturated heterocycles. The molecule has 24 heavy (non-hydrogen) atoms. The van der Waals surface area contributed by atoms with E-state index in [9.17, 15) is 9.59 Å². The predicted octanol–water partition coefficient (Wildman–Crippen LogP) is 2.16. The number of aromatic nitrogens is 1. The quantitative estimate of drug-likeness (QED) is 0.529. The molecular weight excluding hydrogens is 324 g/mol. The van der Waals surface area contributed by atoms with E-state index in [4.69, 9.17) is 12.2 Å². The van der Waals surface area contributed by atoms with Gasteiger partial charge in [0.1, 0.15) is 0 Å². The van der Waals surface area contributed by atoms with Crippen LogP contribution in [-0.4, -0.2) is 28.1 Å². The van der Waals surface area contributed by atoms with E-state index in [1.807, 2.05) is 19.1 Å². The van der Waals surface area contributed by atoms with Crippen molar-refractivity contribution < 1.29 is 9.59 Å². The van der Waals surface area contributed by atoms with Gasteiger partial charge in [-0.3, -0.25) is 24.5 Å². The van der Waals surface area contributed by atoms with Gasteiger partial charge in [0.25, 0.3) is 5.91 Å². The maximum atomic E-state index is 12.7. The van der Waals surface area contributed by atoms with Crippen molar-refractivity contribution in [3.05, 3.63) is 54.4 Å². The number of thiocarbonyl (C=S) groups is 1. The second-order valence-electron chi connectivity index (χ2n) is 5.27. The Bertz CT molecular complexity index is 818. The average molecular weight is 338 g/mol. The van der Waals surface area contributed by atoms with Gasteiger partial charge in [0.15, 0.2) is 11.0 Å². The minimum absolute atomic E-state index is 0.0693. The first-order valence-corrected chi connectivity index (χ1v) is 7.67. The molecule has 1 aromatic carbocycles. The van der Waals surface area contributed by atoms with Gasteiger partial charge >= 0.3 is 0 Å². The summed E-state index contributed by atoms with van der Waals surface area (Å²) in [5.41, 5.74) is 2.23. The number of aliphatic imine (C=N–C) groups is 1. The predicted molar refractivity (Wildman–Crippen MR) is 95.3 cm³/mol. The zero-order valence-corrected chi connectivity index (χ0v) is 13.7. The van der Waals surface area contributed by atoms with Crippen molar-refractivity contribution in [3.8, 4) is 0 Å². The molecular formula is C17H14N4O2S. The highest BCUT2D eigenvalue weighted by molar-refractivity contribution is 7.80. The summed E-state index contributed by atoms with van der Waals surface area (Å²) in [4.78, 5) is 34.3. The molecule has 0 saturated carbocycles. The van der Waals surface area contributed by atoms with Crippen molar-refractivity contribution in [3.63, 3.8) is 0 Å². The summed E-state index contributed by atoms with van der Waals surface area (Å²) in [7, 11) is 0. The minimum atomic E-state index is -1.04. The molecule has 0 bridgehead atoms. The van der Waals surface area contributed by atoms with Crippen LogP contribution in [0.4, 0.5) is 11.4 Å². The van der Waals surface area contributed by atoms with Gasteiger partial charge in [-0.15, -0.1) is 0 Å². The molecule has 3 rings (SSSR count). The lowest BCUT2D eigenvalue weighted by atomic mass is 10.1. The second-order valence-corrected chi connectivity index (χ2v) is 5.66. The van der Waals surface area contributed by atoms with Crippen LogP contribution >= 0.6 is 12.2 Å². The third-order valence-corrected chi connectivity index (χ3v) is 3.80. The molecule has 2 amide bonds. The molecule has 1 atom stereocenters. The third-order valence-electron chi connectivity index (χ3n) is 3.51. The molecule has 0 radical (unpaired) electrons. The van der Waals surface area contributed by atoms with E-state index in [1.54, 1.807) is 36.7 Å². The van der Waals surface area contributed by atoms with Gasteiger partial charge in [0.2, 0.25) is 5.91 Å². The normalized spacial score (nSPS) is 18.1. The zero-order valence-electron chi connectivity index (χ0n) is 12.8. The van der Waals surface area contributed by atoms with Gasteiger partial charge < -0.3 is 5.32 Å². The topological polar surface area (TPSA) is 74.7 Å². The summed E-state index contributed by atoms with van der Waals surface area (Å²) in [5, 5.41) is 2.62. The number of aryl methyl sites for hydroxylation is 1. The van der Waals surface area contributed by atoms with E-state index >= 15 is 0 Å². The number of nitrogens with one attached hydrogen (secondary N) is 1. The lowest BCUT2D eigenvalue weighted by molar-refractivity contribution is -0.130. The van der Waals surface area contributed by atoms with E-state index < -0.39 is 17.7 Å². The number of amides is 2. The van der Waals surface area contributed by atoms with Gasteiger partial charge in [0, 0.05) is 12.4 Å². The average Bonchev–Trinajstić information content (AvgIpc) is 2.57. The lowest BCUT2D eigenvalue weighted by Gasteiger charge is -2.30. The van der Waals surface area contributed by atoms with E-state index in [0.717, 1.165) is 5.56 Å². The van der Waals surface area contributed by atoms with Crippen molar-refractivity contribution >= 4 is 46.7 Å². The highest BCUT2D eigenvalue weighted by Gasteiger charge is 2.38. The van der Waals surface area contributed by atoms with Crippen LogP contribution in [0.15, 0.2) is 53.8 Å². The number of hydrogen-bond donors (Lipinski definition) is 1. The third kappa shape index (κ3) is 3.21. The maximum absolute atomic E-state index is 12.7. The molecule has 120 valence electrons. The number of anilines is 1. The van der Waals surface area contributed by atoms with E-state index in [0.29, 0.717) is 11.4 Å². The number of hydrogen-bond acceptors (Lipinski definition) is 5. The van der Waals surface area contributed by atoms with Crippen LogP contribution in [0.25, 0.3) is 0 Å². The summed E-state index contributed by atoms with van der Waals surface area (Å²) in [5.74, 6) is -1.96. The largest absolute Gasteiger partial charge is 0.301 e. The molecule has 0 aliphatic carbocycles. The highest BCUT2D eigenvalue weighted by atomic mass is 32.1. The molecule has 0 spiro atoms. The van der Waals surface area contributed by atoms with Crippen molar-refractivity contribution in [1.29, 1.82) is 0 Å². The fourth-order valence-electron chi connectivity index (χ4n) is 2.25. The van der Waals surface area contributed by atoms with Gasteiger partial charge in [-0.05, 0) is 43.4 Å². The van der Waals surface area contributed by atoms with Crippen LogP contribution in [0.2, 0.25) is 0 Å². The molecule has 1 aliphatic rings. The molecule has 2 aromatic rings. The highest BCUT2D eigenvalue weighted by Crippen LogP contribution is 2.21. The fraction of sp³-hybridized carbons (Fsp3) is 0.118. The van der Waals surface area contributed by atoms with E-state index in [2.05, 4.69) is 15.3 Å². The molecule has 1 N–H and O–H groups in total. The molecule has 0 unspecified atom stereocenters. The summed E-state index contributed by atoms with van der Waals surface area (Å²) in [6.07, 6.45) is 4.48. The smallest absolute Gasteiger partial charge is 0.251 e. The lowest BCUT2D eigenvalue weighted by Crippen LogP contribution is -2.58. The van der Waals surface area contributed by atoms with Crippen LogP contribution in [-0.2, 0) is 9.59 Å². The minimum Gasteiger partial charge on any atom is -0.301 e. The Morgan fingerprint density at radius 2 is 2.00 bits per heavy atom. The fourth-order valence-corrected chi connectivity index (χ4v) is 2.55. The molecule has 7 heteroatoms. The summed E-state index contributed by atoms with van der Waals surface area (Å²) in [6.45, 7) is 1.95. The van der Waals surface area contributed by atoms with Gasteiger partial charge in [-0.1, -0.05) is 17.7 Å². The summed E-state index contributed by atoms with van der Waals surface area (Å²) in [6, 6.07) is 10.8. The first-order valence-electron chi connectivity index (χ1n) is 7.26. The second kappa shape index (κ2) is 6.67. The Morgan fingerprint density at radius 1 is 1.25 bits per heavy atom. The Labute approximate surface area is 144 Å². The first-order chi connectivity index (χ1) is 11.6. The van der Waals surface area contributed by atoms with E-state index in [-0.39, 0.29) is 5.11 Å². The van der Waals surface area contributed by atoms with E-state index in [1.165, 1.54) is 11.1 Å². The van der Waals surface area contributed by atoms with Crippen LogP contribution in [0.3, 0.4) is 0 Å². The molecule has 2 heterocycles. The van der Waals surface area contributed by atoms with Crippen molar-refractivity contribution in [2.45, 2.75) is 6.92 Å². The maximum Gasteiger partial charge on any atom is 0.251 e.